The lowest BCUT2D eigenvalue weighted by Gasteiger charge is -2.35. The zero-order chi connectivity index (χ0) is 27.6. The number of aliphatic hydroxyl groups excluding tert-OH is 1. The fourth-order valence-corrected chi connectivity index (χ4v) is 6.31. The number of pyridine rings is 2. The minimum absolute atomic E-state index is 0.0316. The van der Waals surface area contributed by atoms with E-state index in [4.69, 9.17) is 15.2 Å². The third-order valence-electron chi connectivity index (χ3n) is 8.41. The molecule has 1 saturated carbocycles. The number of alkyl carbamates (subject to hydrolysis) is 1. The van der Waals surface area contributed by atoms with Crippen LogP contribution in [0, 0.1) is 5.92 Å². The molecule has 0 spiro atoms. The zero-order valence-corrected chi connectivity index (χ0v) is 22.5. The van der Waals surface area contributed by atoms with Crippen molar-refractivity contribution in [2.24, 2.45) is 11.7 Å². The highest BCUT2D eigenvalue weighted by molar-refractivity contribution is 5.80. The van der Waals surface area contributed by atoms with E-state index in [1.807, 2.05) is 30.3 Å². The smallest absolute Gasteiger partial charge is 0.407 e. The Kier molecular flexibility index (Phi) is 7.36. The molecule has 8 nitrogen and oxygen atoms in total. The van der Waals surface area contributed by atoms with Crippen LogP contribution in [0.2, 0.25) is 0 Å². The Hall–Kier alpha value is -4.01. The lowest BCUT2D eigenvalue weighted by molar-refractivity contribution is 0.0707. The maximum Gasteiger partial charge on any atom is 0.407 e. The number of aromatic nitrogens is 2. The van der Waals surface area contributed by atoms with E-state index in [9.17, 15) is 9.90 Å². The Morgan fingerprint density at radius 3 is 2.35 bits per heavy atom. The van der Waals surface area contributed by atoms with Gasteiger partial charge >= 0.3 is 6.09 Å². The van der Waals surface area contributed by atoms with Crippen molar-refractivity contribution in [3.63, 3.8) is 0 Å². The molecule has 2 aromatic carbocycles. The van der Waals surface area contributed by atoms with E-state index in [1.165, 1.54) is 11.1 Å². The summed E-state index contributed by atoms with van der Waals surface area (Å²) in [5.74, 6) is 0.415. The van der Waals surface area contributed by atoms with Crippen molar-refractivity contribution in [3.8, 4) is 17.0 Å². The zero-order valence-electron chi connectivity index (χ0n) is 22.5. The van der Waals surface area contributed by atoms with Crippen LogP contribution in [0.15, 0.2) is 72.9 Å². The summed E-state index contributed by atoms with van der Waals surface area (Å²) in [6.45, 7) is 0.204. The van der Waals surface area contributed by atoms with Crippen LogP contribution < -0.4 is 15.8 Å². The first-order valence-electron chi connectivity index (χ1n) is 13.9. The summed E-state index contributed by atoms with van der Waals surface area (Å²) in [6, 6.07) is 21.3. The number of carbonyl (C=O) groups excluding carboxylic acids is 1. The fourth-order valence-electron chi connectivity index (χ4n) is 6.31. The Balaban J connectivity index is 1.24. The summed E-state index contributed by atoms with van der Waals surface area (Å²) >= 11 is 0. The summed E-state index contributed by atoms with van der Waals surface area (Å²) in [5.41, 5.74) is 12.6. The Bertz CT molecular complexity index is 1470. The molecule has 2 aromatic heterocycles. The van der Waals surface area contributed by atoms with Gasteiger partial charge in [0.1, 0.15) is 12.7 Å². The van der Waals surface area contributed by atoms with E-state index < -0.39 is 18.2 Å². The van der Waals surface area contributed by atoms with Gasteiger partial charge in [0.15, 0.2) is 0 Å². The number of nitrogens with one attached hydrogen (secondary N) is 1. The number of benzene rings is 2. The molecule has 0 radical (unpaired) electrons. The second-order valence-corrected chi connectivity index (χ2v) is 10.7. The van der Waals surface area contributed by atoms with Crippen LogP contribution in [-0.4, -0.2) is 47.0 Å². The molecule has 2 unspecified atom stereocenters. The van der Waals surface area contributed by atoms with Gasteiger partial charge in [0.2, 0.25) is 5.88 Å². The Morgan fingerprint density at radius 2 is 1.68 bits per heavy atom. The molecule has 1 fully saturated rings. The van der Waals surface area contributed by atoms with Crippen LogP contribution in [0.3, 0.4) is 0 Å². The van der Waals surface area contributed by atoms with Crippen molar-refractivity contribution >= 4 is 17.1 Å². The lowest BCUT2D eigenvalue weighted by atomic mass is 9.78. The summed E-state index contributed by atoms with van der Waals surface area (Å²) in [5, 5.41) is 14.8. The number of fused-ring (bicyclic) bond motifs is 4. The molecule has 0 saturated heterocycles. The van der Waals surface area contributed by atoms with Crippen molar-refractivity contribution < 1.29 is 19.4 Å². The minimum atomic E-state index is -1.02. The second-order valence-electron chi connectivity index (χ2n) is 10.7. The summed E-state index contributed by atoms with van der Waals surface area (Å²) in [4.78, 5) is 22.3. The molecule has 4 aromatic rings. The van der Waals surface area contributed by atoms with E-state index in [2.05, 4.69) is 39.6 Å². The third kappa shape index (κ3) is 5.00. The summed E-state index contributed by atoms with van der Waals surface area (Å²) in [7, 11) is 1.55. The minimum Gasteiger partial charge on any atom is -0.481 e. The summed E-state index contributed by atoms with van der Waals surface area (Å²) in [6.07, 6.45) is 3.34. The number of nitrogens with zero attached hydrogens (tertiary/aromatic N) is 2. The Morgan fingerprint density at radius 1 is 1.00 bits per heavy atom. The van der Waals surface area contributed by atoms with Gasteiger partial charge in [0.25, 0.3) is 0 Å². The monoisotopic (exact) mass is 538 g/mol. The molecular formula is C32H34N4O4. The van der Waals surface area contributed by atoms with E-state index in [-0.39, 0.29) is 24.5 Å². The second kappa shape index (κ2) is 11.2. The number of amides is 1. The van der Waals surface area contributed by atoms with Gasteiger partial charge < -0.3 is 25.6 Å². The third-order valence-corrected chi connectivity index (χ3v) is 8.41. The van der Waals surface area contributed by atoms with Gasteiger partial charge in [-0.25, -0.2) is 9.78 Å². The number of hydrogen-bond acceptors (Lipinski definition) is 7. The van der Waals surface area contributed by atoms with E-state index in [1.54, 1.807) is 25.4 Å². The van der Waals surface area contributed by atoms with Crippen LogP contribution in [0.4, 0.5) is 4.79 Å². The average Bonchev–Trinajstić information content (AvgIpc) is 3.32. The van der Waals surface area contributed by atoms with Gasteiger partial charge in [-0.05, 0) is 66.0 Å². The van der Waals surface area contributed by atoms with Crippen LogP contribution in [0.25, 0.3) is 22.2 Å². The molecule has 2 aliphatic rings. The van der Waals surface area contributed by atoms with Crippen LogP contribution in [0.5, 0.6) is 5.88 Å². The molecule has 0 aliphatic heterocycles. The maximum atomic E-state index is 13.3. The number of aliphatic hydroxyl groups is 1. The van der Waals surface area contributed by atoms with Gasteiger partial charge in [0, 0.05) is 29.8 Å². The predicted octanol–water partition coefficient (Wildman–Crippen LogP) is 5.10. The molecule has 1 amide bonds. The number of carbonyl (C=O) groups is 1. The van der Waals surface area contributed by atoms with Crippen molar-refractivity contribution in [1.29, 1.82) is 0 Å². The Labute approximate surface area is 233 Å². The first kappa shape index (κ1) is 26.2. The van der Waals surface area contributed by atoms with E-state index >= 15 is 0 Å². The van der Waals surface area contributed by atoms with Gasteiger partial charge in [0.05, 0.1) is 24.2 Å². The highest BCUT2D eigenvalue weighted by atomic mass is 16.5. The van der Waals surface area contributed by atoms with Gasteiger partial charge in [-0.3, -0.25) is 4.98 Å². The number of methoxy groups -OCH3 is 1. The molecule has 2 aliphatic carbocycles. The van der Waals surface area contributed by atoms with E-state index in [0.717, 1.165) is 36.8 Å². The van der Waals surface area contributed by atoms with E-state index in [0.29, 0.717) is 22.5 Å². The van der Waals surface area contributed by atoms with Crippen LogP contribution in [-0.2, 0) is 4.74 Å². The molecule has 2 atom stereocenters. The topological polar surface area (TPSA) is 120 Å². The van der Waals surface area contributed by atoms with Crippen molar-refractivity contribution in [2.45, 2.75) is 49.8 Å². The molecular weight excluding hydrogens is 504 g/mol. The quantitative estimate of drug-likeness (QED) is 0.300. The molecule has 2 heterocycles. The highest BCUT2D eigenvalue weighted by Gasteiger charge is 2.35. The average molecular weight is 539 g/mol. The molecule has 206 valence electrons. The first-order chi connectivity index (χ1) is 19.5. The molecule has 4 N–H and O–H groups in total. The maximum absolute atomic E-state index is 13.3. The molecule has 6 rings (SSSR count). The normalized spacial score (nSPS) is 19.9. The number of ether oxygens (including phenoxy) is 2. The fraction of sp³-hybridized carbons (Fsp3) is 0.344. The van der Waals surface area contributed by atoms with Crippen molar-refractivity contribution in [2.75, 3.05) is 13.7 Å². The van der Waals surface area contributed by atoms with Crippen molar-refractivity contribution in [3.05, 3.63) is 89.6 Å². The highest BCUT2D eigenvalue weighted by Crippen LogP contribution is 2.44. The van der Waals surface area contributed by atoms with Crippen molar-refractivity contribution in [1.82, 2.24) is 15.3 Å². The molecule has 40 heavy (non-hydrogen) atoms. The SMILES string of the molecule is COc1ccc2nccc(C(O)C(NC(=O)OCC3c4ccccc4-c4ccccc43)[C@H]3CC[C@H](N)CC3)c2n1. The summed E-state index contributed by atoms with van der Waals surface area (Å²) < 4.78 is 11.2. The number of hydrogen-bond donors (Lipinski definition) is 3. The predicted molar refractivity (Wildman–Crippen MR) is 153 cm³/mol. The van der Waals surface area contributed by atoms with Gasteiger partial charge in [-0.15, -0.1) is 0 Å². The first-order valence-corrected chi connectivity index (χ1v) is 13.9. The standard InChI is InChI=1S/C32H34N4O4/c1-39-28-15-14-27-30(35-28)25(16-17-34-27)31(37)29(19-10-12-20(33)13-11-19)36-32(38)40-18-26-23-8-4-2-6-21(23)22-7-3-5-9-24(22)26/h2-9,14-17,19-20,26,29,31,37H,10-13,18,33H2,1H3,(H,36,38)/t19-,20-,29?,31?. The van der Waals surface area contributed by atoms with Gasteiger partial charge in [-0.2, -0.15) is 0 Å². The largest absolute Gasteiger partial charge is 0.481 e. The lowest BCUT2D eigenvalue weighted by Crippen LogP contribution is -2.47. The van der Waals surface area contributed by atoms with Crippen LogP contribution >= 0.6 is 0 Å². The number of rotatable bonds is 7. The van der Waals surface area contributed by atoms with Crippen LogP contribution in [0.1, 0.15) is 54.4 Å². The van der Waals surface area contributed by atoms with Gasteiger partial charge in [-0.1, -0.05) is 48.5 Å². The number of nitrogens with two attached hydrogens (primary N) is 1. The molecule has 8 heteroatoms. The molecule has 0 bridgehead atoms.